The Morgan fingerprint density at radius 1 is 1.06 bits per heavy atom. The summed E-state index contributed by atoms with van der Waals surface area (Å²) < 4.78 is 1.15. The molecule has 5 heteroatoms. The van der Waals surface area contributed by atoms with E-state index in [4.69, 9.17) is 16.6 Å². The molecular formula is C13H9ClN2OS. The van der Waals surface area contributed by atoms with Crippen molar-refractivity contribution in [2.24, 2.45) is 0 Å². The largest absolute Gasteiger partial charge is 0.393 e. The van der Waals surface area contributed by atoms with Crippen molar-refractivity contribution in [2.75, 3.05) is 0 Å². The molecule has 0 aliphatic carbocycles. The van der Waals surface area contributed by atoms with E-state index in [1.54, 1.807) is 11.3 Å². The maximum atomic E-state index is 5.38. The van der Waals surface area contributed by atoms with Gasteiger partial charge in [0.05, 0.1) is 15.8 Å². The summed E-state index contributed by atoms with van der Waals surface area (Å²) in [5.74, 6) is 0.659. The Morgan fingerprint density at radius 2 is 1.83 bits per heavy atom. The molecule has 0 aliphatic rings. The van der Waals surface area contributed by atoms with Gasteiger partial charge in [-0.25, -0.2) is 4.98 Å². The van der Waals surface area contributed by atoms with Crippen LogP contribution in [0.4, 0.5) is 0 Å². The molecule has 0 saturated heterocycles. The fraction of sp³-hybridized carbons (Fsp3) is 0. The van der Waals surface area contributed by atoms with Gasteiger partial charge in [0.25, 0.3) is 0 Å². The van der Waals surface area contributed by atoms with Crippen LogP contribution >= 0.6 is 23.1 Å². The van der Waals surface area contributed by atoms with E-state index in [0.29, 0.717) is 5.75 Å². The van der Waals surface area contributed by atoms with Gasteiger partial charge >= 0.3 is 0 Å². The Balaban J connectivity index is 2.13. The normalized spacial score (nSPS) is 10.7. The predicted octanol–water partition coefficient (Wildman–Crippen LogP) is 4.00. The Morgan fingerprint density at radius 3 is 2.67 bits per heavy atom. The maximum Gasteiger partial charge on any atom is 0.159 e. The molecule has 0 atom stereocenters. The number of nitrogens with one attached hydrogen (secondary N) is 1. The second kappa shape index (κ2) is 4.94. The van der Waals surface area contributed by atoms with Crippen molar-refractivity contribution in [1.82, 2.24) is 9.98 Å². The number of aromatic nitrogens is 1. The second-order valence-corrected chi connectivity index (χ2v) is 4.85. The summed E-state index contributed by atoms with van der Waals surface area (Å²) >= 11 is 7.01. The molecule has 3 aromatic rings. The molecule has 90 valence electrons. The summed E-state index contributed by atoms with van der Waals surface area (Å²) in [5, 5.41) is 0.915. The number of hydrogen-bond acceptors (Lipinski definition) is 4. The number of benzene rings is 2. The molecule has 0 fully saturated rings. The van der Waals surface area contributed by atoms with E-state index in [0.717, 1.165) is 20.8 Å². The van der Waals surface area contributed by atoms with Crippen LogP contribution in [0.25, 0.3) is 20.8 Å². The molecule has 0 spiro atoms. The molecule has 2 aromatic carbocycles. The van der Waals surface area contributed by atoms with Crippen molar-refractivity contribution in [3.8, 4) is 16.3 Å². The molecule has 0 saturated carbocycles. The van der Waals surface area contributed by atoms with Crippen LogP contribution in [0.2, 0.25) is 0 Å². The Kier molecular flexibility index (Phi) is 3.15. The molecule has 3 nitrogen and oxygen atoms in total. The van der Waals surface area contributed by atoms with Crippen molar-refractivity contribution in [2.45, 2.75) is 0 Å². The standard InChI is InChI=1S/C13H9ClN2OS/c14-16-17-11-7-3-1-5-9(11)13-15-10-6-2-4-8-12(10)18-13/h1-8,16H. The molecular weight excluding hydrogens is 268 g/mol. The highest BCUT2D eigenvalue weighted by Gasteiger charge is 2.10. The monoisotopic (exact) mass is 276 g/mol. The topological polar surface area (TPSA) is 34.1 Å². The number of halogens is 1. The smallest absolute Gasteiger partial charge is 0.159 e. The Hall–Kier alpha value is -1.62. The van der Waals surface area contributed by atoms with Gasteiger partial charge in [-0.3, -0.25) is 0 Å². The van der Waals surface area contributed by atoms with Crippen molar-refractivity contribution >= 4 is 33.3 Å². The fourth-order valence-corrected chi connectivity index (χ4v) is 2.84. The van der Waals surface area contributed by atoms with Crippen molar-refractivity contribution in [1.29, 1.82) is 0 Å². The fourth-order valence-electron chi connectivity index (χ4n) is 1.76. The van der Waals surface area contributed by atoms with Gasteiger partial charge in [0.1, 0.15) is 5.01 Å². The molecule has 0 aliphatic heterocycles. The summed E-state index contributed by atoms with van der Waals surface area (Å²) in [5.41, 5.74) is 1.91. The molecule has 1 heterocycles. The van der Waals surface area contributed by atoms with Gasteiger partial charge < -0.3 is 4.84 Å². The number of fused-ring (bicyclic) bond motifs is 1. The minimum absolute atomic E-state index is 0.659. The lowest BCUT2D eigenvalue weighted by Gasteiger charge is -2.05. The van der Waals surface area contributed by atoms with Crippen LogP contribution in [0.3, 0.4) is 0 Å². The highest BCUT2D eigenvalue weighted by Crippen LogP contribution is 2.35. The summed E-state index contributed by atoms with van der Waals surface area (Å²) in [6.07, 6.45) is 0. The summed E-state index contributed by atoms with van der Waals surface area (Å²) in [7, 11) is 0. The van der Waals surface area contributed by atoms with Gasteiger partial charge in [-0.15, -0.1) is 11.3 Å². The third-order valence-electron chi connectivity index (χ3n) is 2.56. The van der Waals surface area contributed by atoms with Crippen LogP contribution < -0.4 is 9.84 Å². The molecule has 18 heavy (non-hydrogen) atoms. The predicted molar refractivity (Wildman–Crippen MR) is 74.7 cm³/mol. The first-order valence-electron chi connectivity index (χ1n) is 5.36. The summed E-state index contributed by atoms with van der Waals surface area (Å²) in [4.78, 5) is 11.9. The lowest BCUT2D eigenvalue weighted by molar-refractivity contribution is 0.279. The van der Waals surface area contributed by atoms with Crippen LogP contribution in [0, 0.1) is 0 Å². The van der Waals surface area contributed by atoms with Gasteiger partial charge in [-0.05, 0) is 24.3 Å². The molecule has 0 bridgehead atoms. The molecule has 1 N–H and O–H groups in total. The van der Waals surface area contributed by atoms with Crippen molar-refractivity contribution in [3.05, 3.63) is 48.5 Å². The number of thiazole rings is 1. The summed E-state index contributed by atoms with van der Waals surface area (Å²) in [6, 6.07) is 15.7. The number of rotatable bonds is 3. The lowest BCUT2D eigenvalue weighted by atomic mass is 10.2. The number of hydrogen-bond donors (Lipinski definition) is 1. The zero-order valence-corrected chi connectivity index (χ0v) is 10.8. The lowest BCUT2D eigenvalue weighted by Crippen LogP contribution is -2.04. The van der Waals surface area contributed by atoms with E-state index in [-0.39, 0.29) is 0 Å². The van der Waals surface area contributed by atoms with Gasteiger partial charge in [0, 0.05) is 11.8 Å². The maximum absolute atomic E-state index is 5.38. The van der Waals surface area contributed by atoms with Gasteiger partial charge in [-0.1, -0.05) is 29.3 Å². The first kappa shape index (κ1) is 11.5. The van der Waals surface area contributed by atoms with E-state index in [1.807, 2.05) is 42.5 Å². The van der Waals surface area contributed by atoms with E-state index < -0.39 is 0 Å². The number of para-hydroxylation sites is 2. The van der Waals surface area contributed by atoms with Gasteiger partial charge in [0.2, 0.25) is 0 Å². The Labute approximate surface area is 113 Å². The highest BCUT2D eigenvalue weighted by molar-refractivity contribution is 7.21. The minimum Gasteiger partial charge on any atom is -0.393 e. The molecule has 0 radical (unpaired) electrons. The number of nitrogens with zero attached hydrogens (tertiary/aromatic N) is 1. The minimum atomic E-state index is 0.659. The molecule has 3 rings (SSSR count). The van der Waals surface area contributed by atoms with E-state index >= 15 is 0 Å². The average Bonchev–Trinajstić information content (AvgIpc) is 2.83. The van der Waals surface area contributed by atoms with E-state index in [9.17, 15) is 0 Å². The molecule has 1 aromatic heterocycles. The Bertz CT molecular complexity index is 650. The van der Waals surface area contributed by atoms with E-state index in [1.165, 1.54) is 0 Å². The summed E-state index contributed by atoms with van der Waals surface area (Å²) in [6.45, 7) is 0. The quantitative estimate of drug-likeness (QED) is 0.580. The zero-order chi connectivity index (χ0) is 12.4. The van der Waals surface area contributed by atoms with Crippen molar-refractivity contribution in [3.63, 3.8) is 0 Å². The second-order valence-electron chi connectivity index (χ2n) is 3.66. The van der Waals surface area contributed by atoms with Crippen LogP contribution in [0.1, 0.15) is 0 Å². The van der Waals surface area contributed by atoms with Crippen LogP contribution in [0.5, 0.6) is 5.75 Å². The van der Waals surface area contributed by atoms with Crippen LogP contribution in [-0.4, -0.2) is 4.98 Å². The first-order chi connectivity index (χ1) is 8.88. The SMILES string of the molecule is ClNOc1ccccc1-c1nc2ccccc2s1. The first-order valence-corrected chi connectivity index (χ1v) is 6.55. The molecule has 0 amide bonds. The van der Waals surface area contributed by atoms with Gasteiger partial charge in [0.15, 0.2) is 5.75 Å². The van der Waals surface area contributed by atoms with Crippen LogP contribution in [0.15, 0.2) is 48.5 Å². The zero-order valence-electron chi connectivity index (χ0n) is 9.26. The third kappa shape index (κ3) is 2.06. The van der Waals surface area contributed by atoms with E-state index in [2.05, 4.69) is 16.0 Å². The van der Waals surface area contributed by atoms with Crippen molar-refractivity contribution < 1.29 is 4.84 Å². The van der Waals surface area contributed by atoms with Crippen LogP contribution in [-0.2, 0) is 0 Å². The average molecular weight is 277 g/mol. The molecule has 0 unspecified atom stereocenters. The highest BCUT2D eigenvalue weighted by atomic mass is 35.5. The van der Waals surface area contributed by atoms with Gasteiger partial charge in [-0.2, -0.15) is 0 Å². The third-order valence-corrected chi connectivity index (χ3v) is 3.71.